The molecule has 1 fully saturated rings. The van der Waals surface area contributed by atoms with E-state index in [0.717, 1.165) is 3.57 Å². The van der Waals surface area contributed by atoms with Crippen LogP contribution in [0.5, 0.6) is 0 Å². The van der Waals surface area contributed by atoms with Gasteiger partial charge in [-0.3, -0.25) is 19.0 Å². The number of aryl methyl sites for hydroxylation is 2. The lowest BCUT2D eigenvalue weighted by molar-refractivity contribution is 0.0295. The van der Waals surface area contributed by atoms with Crippen LogP contribution in [0.1, 0.15) is 27.9 Å². The fraction of sp³-hybridized carbons (Fsp3) is 0.467. The van der Waals surface area contributed by atoms with E-state index in [1.807, 2.05) is 6.92 Å². The molecular formula is C15H19IN6O3. The van der Waals surface area contributed by atoms with Crippen molar-refractivity contribution in [2.24, 2.45) is 7.05 Å². The van der Waals surface area contributed by atoms with Crippen LogP contribution in [0.25, 0.3) is 0 Å². The van der Waals surface area contributed by atoms with Gasteiger partial charge in [-0.25, -0.2) is 0 Å². The number of aromatic nitrogens is 4. The summed E-state index contributed by atoms with van der Waals surface area (Å²) in [5.74, 6) is -0.478. The largest absolute Gasteiger partial charge is 0.378 e. The number of halogens is 1. The van der Waals surface area contributed by atoms with Crippen molar-refractivity contribution < 1.29 is 14.3 Å². The third-order valence-corrected chi connectivity index (χ3v) is 4.79. The van der Waals surface area contributed by atoms with Crippen LogP contribution in [0.15, 0.2) is 12.4 Å². The molecule has 2 amide bonds. The summed E-state index contributed by atoms with van der Waals surface area (Å²) in [4.78, 5) is 27.2. The maximum atomic E-state index is 12.9. The highest BCUT2D eigenvalue weighted by molar-refractivity contribution is 14.1. The molecule has 0 radical (unpaired) electrons. The molecule has 3 rings (SSSR count). The first-order valence-corrected chi connectivity index (χ1v) is 9.02. The summed E-state index contributed by atoms with van der Waals surface area (Å²) in [7, 11) is 1.70. The van der Waals surface area contributed by atoms with Gasteiger partial charge in [0.15, 0.2) is 0 Å². The molecule has 25 heavy (non-hydrogen) atoms. The third-order valence-electron chi connectivity index (χ3n) is 4.00. The molecule has 2 aromatic heterocycles. The topological polar surface area (TPSA) is 94.3 Å². The molecule has 3 heterocycles. The zero-order valence-electron chi connectivity index (χ0n) is 14.0. The van der Waals surface area contributed by atoms with Gasteiger partial charge in [0.25, 0.3) is 11.8 Å². The molecule has 0 unspecified atom stereocenters. The summed E-state index contributed by atoms with van der Waals surface area (Å²) in [5, 5.41) is 11.1. The molecule has 1 aliphatic rings. The number of morpholine rings is 1. The van der Waals surface area contributed by atoms with E-state index in [1.165, 1.54) is 10.9 Å². The molecule has 9 nitrogen and oxygen atoms in total. The molecule has 134 valence electrons. The van der Waals surface area contributed by atoms with Gasteiger partial charge >= 0.3 is 0 Å². The van der Waals surface area contributed by atoms with Gasteiger partial charge in [0.2, 0.25) is 0 Å². The van der Waals surface area contributed by atoms with Crippen LogP contribution in [0.4, 0.5) is 5.69 Å². The number of ether oxygens (including phenoxy) is 1. The van der Waals surface area contributed by atoms with Crippen LogP contribution < -0.4 is 5.32 Å². The Balaban J connectivity index is 1.88. The van der Waals surface area contributed by atoms with E-state index in [-0.39, 0.29) is 11.8 Å². The summed E-state index contributed by atoms with van der Waals surface area (Å²) in [6.07, 6.45) is 3.13. The number of nitrogens with zero attached hydrogens (tertiary/aromatic N) is 5. The Morgan fingerprint density at radius 2 is 1.96 bits per heavy atom. The highest BCUT2D eigenvalue weighted by Crippen LogP contribution is 2.20. The monoisotopic (exact) mass is 458 g/mol. The first-order chi connectivity index (χ1) is 12.0. The van der Waals surface area contributed by atoms with Gasteiger partial charge in [-0.1, -0.05) is 0 Å². The smallest absolute Gasteiger partial charge is 0.275 e. The van der Waals surface area contributed by atoms with Crippen molar-refractivity contribution in [3.8, 4) is 0 Å². The Kier molecular flexibility index (Phi) is 5.37. The zero-order valence-corrected chi connectivity index (χ0v) is 16.2. The summed E-state index contributed by atoms with van der Waals surface area (Å²) in [6.45, 7) is 4.52. The van der Waals surface area contributed by atoms with Crippen LogP contribution in [0, 0.1) is 3.57 Å². The predicted octanol–water partition coefficient (Wildman–Crippen LogP) is 0.966. The number of hydrogen-bond donors (Lipinski definition) is 1. The van der Waals surface area contributed by atoms with Crippen LogP contribution in [0.3, 0.4) is 0 Å². The van der Waals surface area contributed by atoms with Crippen molar-refractivity contribution in [1.82, 2.24) is 24.5 Å². The first kappa shape index (κ1) is 17.9. The van der Waals surface area contributed by atoms with Crippen LogP contribution >= 0.6 is 22.6 Å². The Hall–Kier alpha value is -1.95. The minimum Gasteiger partial charge on any atom is -0.378 e. The fourth-order valence-electron chi connectivity index (χ4n) is 2.71. The van der Waals surface area contributed by atoms with E-state index in [4.69, 9.17) is 4.74 Å². The average Bonchev–Trinajstić information content (AvgIpc) is 3.17. The molecule has 10 heteroatoms. The molecule has 0 aliphatic carbocycles. The average molecular weight is 458 g/mol. The molecular weight excluding hydrogens is 439 g/mol. The fourth-order valence-corrected chi connectivity index (χ4v) is 3.42. The molecule has 2 aromatic rings. The minimum atomic E-state index is -0.323. The van der Waals surface area contributed by atoms with E-state index in [9.17, 15) is 9.59 Å². The second-order valence-electron chi connectivity index (χ2n) is 5.55. The maximum Gasteiger partial charge on any atom is 0.275 e. The molecule has 1 N–H and O–H groups in total. The minimum absolute atomic E-state index is 0.155. The van der Waals surface area contributed by atoms with E-state index in [0.29, 0.717) is 49.9 Å². The van der Waals surface area contributed by atoms with Crippen LogP contribution in [-0.2, 0) is 18.3 Å². The maximum absolute atomic E-state index is 12.9. The highest BCUT2D eigenvalue weighted by atomic mass is 127. The van der Waals surface area contributed by atoms with Gasteiger partial charge in [-0.05, 0) is 29.5 Å². The number of hydrogen-bond acceptors (Lipinski definition) is 5. The van der Waals surface area contributed by atoms with Crippen molar-refractivity contribution in [2.45, 2.75) is 13.5 Å². The number of nitrogens with one attached hydrogen (secondary N) is 1. The van der Waals surface area contributed by atoms with E-state index in [2.05, 4.69) is 38.1 Å². The lowest BCUT2D eigenvalue weighted by Crippen LogP contribution is -2.41. The molecule has 1 aliphatic heterocycles. The van der Waals surface area contributed by atoms with E-state index in [1.54, 1.807) is 22.8 Å². The summed E-state index contributed by atoms with van der Waals surface area (Å²) in [6, 6.07) is 0. The van der Waals surface area contributed by atoms with Crippen molar-refractivity contribution in [1.29, 1.82) is 0 Å². The lowest BCUT2D eigenvalue weighted by Gasteiger charge is -2.27. The number of amides is 2. The quantitative estimate of drug-likeness (QED) is 0.690. The van der Waals surface area contributed by atoms with Gasteiger partial charge in [-0.2, -0.15) is 10.2 Å². The second-order valence-corrected chi connectivity index (χ2v) is 6.71. The Bertz CT molecular complexity index is 774. The molecule has 0 atom stereocenters. The molecule has 0 aromatic carbocycles. The lowest BCUT2D eigenvalue weighted by atomic mass is 10.2. The third kappa shape index (κ3) is 3.54. The summed E-state index contributed by atoms with van der Waals surface area (Å²) >= 11 is 2.05. The number of anilines is 1. The van der Waals surface area contributed by atoms with Gasteiger partial charge < -0.3 is 15.0 Å². The van der Waals surface area contributed by atoms with Gasteiger partial charge in [0.1, 0.15) is 11.4 Å². The predicted molar refractivity (Wildman–Crippen MR) is 98.5 cm³/mol. The van der Waals surface area contributed by atoms with Crippen molar-refractivity contribution in [3.05, 3.63) is 27.4 Å². The first-order valence-electron chi connectivity index (χ1n) is 7.94. The standard InChI is InChI=1S/C15H19IN6O3/c1-3-22-13(15(24)21-4-6-25-7-5-21)11(9-18-22)19-14(23)12-10(16)8-17-20(12)2/h8-9H,3-7H2,1-2H3,(H,19,23). The van der Waals surface area contributed by atoms with Crippen LogP contribution in [0.2, 0.25) is 0 Å². The second kappa shape index (κ2) is 7.52. The Labute approximate surface area is 158 Å². The van der Waals surface area contributed by atoms with E-state index >= 15 is 0 Å². The van der Waals surface area contributed by atoms with Crippen LogP contribution in [-0.4, -0.2) is 62.6 Å². The van der Waals surface area contributed by atoms with Crippen molar-refractivity contribution in [3.63, 3.8) is 0 Å². The number of carbonyl (C=O) groups excluding carboxylic acids is 2. The van der Waals surface area contributed by atoms with Gasteiger partial charge in [0.05, 0.1) is 34.9 Å². The van der Waals surface area contributed by atoms with Gasteiger partial charge in [0, 0.05) is 26.7 Å². The van der Waals surface area contributed by atoms with Crippen molar-refractivity contribution >= 4 is 40.1 Å². The normalized spacial score (nSPS) is 14.6. The SMILES string of the molecule is CCn1ncc(NC(=O)c2c(I)cnn2C)c1C(=O)N1CCOCC1. The number of rotatable bonds is 4. The molecule has 0 saturated carbocycles. The molecule has 0 bridgehead atoms. The van der Waals surface area contributed by atoms with Crippen molar-refractivity contribution in [2.75, 3.05) is 31.6 Å². The van der Waals surface area contributed by atoms with E-state index < -0.39 is 0 Å². The Morgan fingerprint density at radius 1 is 1.24 bits per heavy atom. The summed E-state index contributed by atoms with van der Waals surface area (Å²) < 4.78 is 9.14. The zero-order chi connectivity index (χ0) is 18.0. The Morgan fingerprint density at radius 3 is 2.56 bits per heavy atom. The number of carbonyl (C=O) groups is 2. The highest BCUT2D eigenvalue weighted by Gasteiger charge is 2.27. The van der Waals surface area contributed by atoms with Gasteiger partial charge in [-0.15, -0.1) is 0 Å². The molecule has 1 saturated heterocycles. The molecule has 0 spiro atoms. The summed E-state index contributed by atoms with van der Waals surface area (Å²) in [5.41, 5.74) is 1.23.